The van der Waals surface area contributed by atoms with Gasteiger partial charge in [0.2, 0.25) is 0 Å². The van der Waals surface area contributed by atoms with E-state index in [2.05, 4.69) is 10.6 Å². The molecule has 1 aromatic heterocycles. The summed E-state index contributed by atoms with van der Waals surface area (Å²) >= 11 is 1.30. The predicted molar refractivity (Wildman–Crippen MR) is 88.5 cm³/mol. The monoisotopic (exact) mass is 334 g/mol. The van der Waals surface area contributed by atoms with Crippen molar-refractivity contribution in [2.75, 3.05) is 0 Å². The Labute approximate surface area is 137 Å². The SMILES string of the molecule is CC(C)NC(=O)NC(=O)[C@H](C)OC(=O)c1cc2ccccc2s1. The Morgan fingerprint density at radius 2 is 1.83 bits per heavy atom. The summed E-state index contributed by atoms with van der Waals surface area (Å²) in [5.74, 6) is -1.25. The van der Waals surface area contributed by atoms with Crippen LogP contribution in [0.2, 0.25) is 0 Å². The van der Waals surface area contributed by atoms with Gasteiger partial charge in [0.25, 0.3) is 5.91 Å². The molecule has 0 aliphatic rings. The standard InChI is InChI=1S/C16H18N2O4S/c1-9(2)17-16(21)18-14(19)10(3)22-15(20)13-8-11-6-4-5-7-12(11)23-13/h4-10H,1-3H3,(H2,17,18,19,21)/t10-/m0/s1. The lowest BCUT2D eigenvalue weighted by atomic mass is 10.2. The normalized spacial score (nSPS) is 12.0. The Balaban J connectivity index is 1.96. The van der Waals surface area contributed by atoms with Gasteiger partial charge >= 0.3 is 12.0 Å². The van der Waals surface area contributed by atoms with E-state index < -0.39 is 24.0 Å². The summed E-state index contributed by atoms with van der Waals surface area (Å²) in [5, 5.41) is 5.60. The maximum atomic E-state index is 12.1. The molecule has 0 saturated carbocycles. The highest BCUT2D eigenvalue weighted by molar-refractivity contribution is 7.20. The molecule has 0 fully saturated rings. The van der Waals surface area contributed by atoms with Crippen LogP contribution >= 0.6 is 11.3 Å². The summed E-state index contributed by atoms with van der Waals surface area (Å²) in [7, 11) is 0. The summed E-state index contributed by atoms with van der Waals surface area (Å²) < 4.78 is 6.08. The average molecular weight is 334 g/mol. The van der Waals surface area contributed by atoms with E-state index >= 15 is 0 Å². The minimum Gasteiger partial charge on any atom is -0.448 e. The van der Waals surface area contributed by atoms with Crippen molar-refractivity contribution in [2.24, 2.45) is 0 Å². The number of hydrogen-bond donors (Lipinski definition) is 2. The van der Waals surface area contributed by atoms with Gasteiger partial charge in [-0.1, -0.05) is 18.2 Å². The number of carbonyl (C=O) groups excluding carboxylic acids is 3. The lowest BCUT2D eigenvalue weighted by molar-refractivity contribution is -0.127. The maximum Gasteiger partial charge on any atom is 0.349 e. The fourth-order valence-electron chi connectivity index (χ4n) is 1.87. The van der Waals surface area contributed by atoms with Crippen molar-refractivity contribution in [2.45, 2.75) is 32.9 Å². The molecule has 1 aromatic carbocycles. The van der Waals surface area contributed by atoms with Crippen LogP contribution in [0.25, 0.3) is 10.1 Å². The number of urea groups is 1. The molecule has 2 aromatic rings. The molecule has 2 rings (SSSR count). The largest absolute Gasteiger partial charge is 0.448 e. The fraction of sp³-hybridized carbons (Fsp3) is 0.312. The van der Waals surface area contributed by atoms with E-state index in [0.29, 0.717) is 4.88 Å². The molecule has 0 bridgehead atoms. The number of amides is 3. The predicted octanol–water partition coefficient (Wildman–Crippen LogP) is 2.68. The van der Waals surface area contributed by atoms with E-state index in [9.17, 15) is 14.4 Å². The number of thiophene rings is 1. The summed E-state index contributed by atoms with van der Waals surface area (Å²) in [5.41, 5.74) is 0. The molecule has 1 heterocycles. The quantitative estimate of drug-likeness (QED) is 0.842. The molecule has 3 amide bonds. The van der Waals surface area contributed by atoms with Crippen molar-refractivity contribution in [3.05, 3.63) is 35.2 Å². The number of ether oxygens (including phenoxy) is 1. The van der Waals surface area contributed by atoms with Gasteiger partial charge in [-0.25, -0.2) is 9.59 Å². The van der Waals surface area contributed by atoms with Crippen LogP contribution < -0.4 is 10.6 Å². The first-order valence-electron chi connectivity index (χ1n) is 7.17. The van der Waals surface area contributed by atoms with Gasteiger partial charge in [-0.05, 0) is 38.3 Å². The highest BCUT2D eigenvalue weighted by Gasteiger charge is 2.22. The third-order valence-electron chi connectivity index (χ3n) is 2.94. The van der Waals surface area contributed by atoms with Gasteiger partial charge in [0.15, 0.2) is 6.10 Å². The zero-order chi connectivity index (χ0) is 17.0. The Bertz CT molecular complexity index is 706. The van der Waals surface area contributed by atoms with Crippen LogP contribution in [0.15, 0.2) is 30.3 Å². The first-order valence-corrected chi connectivity index (χ1v) is 7.99. The van der Waals surface area contributed by atoms with E-state index in [4.69, 9.17) is 4.74 Å². The van der Waals surface area contributed by atoms with Crippen LogP contribution in [0.5, 0.6) is 0 Å². The smallest absolute Gasteiger partial charge is 0.349 e. The molecule has 122 valence electrons. The molecule has 2 N–H and O–H groups in total. The van der Waals surface area contributed by atoms with Gasteiger partial charge < -0.3 is 10.1 Å². The number of imide groups is 1. The third-order valence-corrected chi connectivity index (χ3v) is 4.03. The van der Waals surface area contributed by atoms with Crippen molar-refractivity contribution in [3.63, 3.8) is 0 Å². The van der Waals surface area contributed by atoms with Crippen LogP contribution in [0, 0.1) is 0 Å². The molecule has 23 heavy (non-hydrogen) atoms. The first-order chi connectivity index (χ1) is 10.9. The zero-order valence-electron chi connectivity index (χ0n) is 13.1. The lowest BCUT2D eigenvalue weighted by Gasteiger charge is -2.13. The number of carbonyl (C=O) groups is 3. The second-order valence-corrected chi connectivity index (χ2v) is 6.40. The van der Waals surface area contributed by atoms with Crippen LogP contribution in [0.4, 0.5) is 4.79 Å². The van der Waals surface area contributed by atoms with Gasteiger partial charge in [0.1, 0.15) is 4.88 Å². The molecule has 0 saturated heterocycles. The summed E-state index contributed by atoms with van der Waals surface area (Å²) in [4.78, 5) is 35.8. The second kappa shape index (κ2) is 7.23. The lowest BCUT2D eigenvalue weighted by Crippen LogP contribution is -2.46. The van der Waals surface area contributed by atoms with E-state index in [1.807, 2.05) is 24.3 Å². The number of benzene rings is 1. The topological polar surface area (TPSA) is 84.5 Å². The number of rotatable bonds is 4. The molecule has 0 radical (unpaired) electrons. The molecule has 7 heteroatoms. The molecule has 0 unspecified atom stereocenters. The number of esters is 1. The summed E-state index contributed by atoms with van der Waals surface area (Å²) in [6, 6.07) is 8.58. The van der Waals surface area contributed by atoms with Gasteiger partial charge in [-0.15, -0.1) is 11.3 Å². The van der Waals surface area contributed by atoms with Crippen molar-refractivity contribution < 1.29 is 19.1 Å². The van der Waals surface area contributed by atoms with Crippen molar-refractivity contribution in [1.82, 2.24) is 10.6 Å². The van der Waals surface area contributed by atoms with Crippen molar-refractivity contribution in [1.29, 1.82) is 0 Å². The minimum atomic E-state index is -1.06. The Morgan fingerprint density at radius 1 is 1.13 bits per heavy atom. The van der Waals surface area contributed by atoms with Crippen LogP contribution in [-0.4, -0.2) is 30.1 Å². The molecule has 0 aliphatic heterocycles. The highest BCUT2D eigenvalue weighted by Crippen LogP contribution is 2.26. The highest BCUT2D eigenvalue weighted by atomic mass is 32.1. The maximum absolute atomic E-state index is 12.1. The molecule has 1 atom stereocenters. The van der Waals surface area contributed by atoms with Crippen LogP contribution in [0.3, 0.4) is 0 Å². The molecule has 6 nitrogen and oxygen atoms in total. The Hall–Kier alpha value is -2.41. The number of nitrogens with one attached hydrogen (secondary N) is 2. The number of hydrogen-bond acceptors (Lipinski definition) is 5. The molecular formula is C16H18N2O4S. The van der Waals surface area contributed by atoms with Crippen molar-refractivity contribution in [3.8, 4) is 0 Å². The van der Waals surface area contributed by atoms with Gasteiger partial charge in [-0.2, -0.15) is 0 Å². The van der Waals surface area contributed by atoms with Gasteiger partial charge in [0.05, 0.1) is 0 Å². The van der Waals surface area contributed by atoms with Gasteiger partial charge in [0, 0.05) is 10.7 Å². The van der Waals surface area contributed by atoms with Crippen LogP contribution in [0.1, 0.15) is 30.4 Å². The van der Waals surface area contributed by atoms with E-state index in [0.717, 1.165) is 10.1 Å². The molecule has 0 aliphatic carbocycles. The number of fused-ring (bicyclic) bond motifs is 1. The molecular weight excluding hydrogens is 316 g/mol. The minimum absolute atomic E-state index is 0.0980. The zero-order valence-corrected chi connectivity index (χ0v) is 13.9. The fourth-order valence-corrected chi connectivity index (χ4v) is 2.81. The molecule has 0 spiro atoms. The van der Waals surface area contributed by atoms with Gasteiger partial charge in [-0.3, -0.25) is 10.1 Å². The summed E-state index contributed by atoms with van der Waals surface area (Å²) in [6.07, 6.45) is -1.06. The Morgan fingerprint density at radius 3 is 2.48 bits per heavy atom. The third kappa shape index (κ3) is 4.53. The van der Waals surface area contributed by atoms with E-state index in [1.165, 1.54) is 18.3 Å². The van der Waals surface area contributed by atoms with E-state index in [-0.39, 0.29) is 6.04 Å². The Kier molecular flexibility index (Phi) is 5.33. The van der Waals surface area contributed by atoms with E-state index in [1.54, 1.807) is 19.9 Å². The second-order valence-electron chi connectivity index (χ2n) is 5.31. The van der Waals surface area contributed by atoms with Crippen LogP contribution in [-0.2, 0) is 9.53 Å². The average Bonchev–Trinajstić information content (AvgIpc) is 2.90. The first kappa shape index (κ1) is 17.0. The van der Waals surface area contributed by atoms with Crippen molar-refractivity contribution >= 4 is 39.3 Å². The summed E-state index contributed by atoms with van der Waals surface area (Å²) in [6.45, 7) is 4.97.